The van der Waals surface area contributed by atoms with Gasteiger partial charge in [-0.2, -0.15) is 0 Å². The Bertz CT molecular complexity index is 495. The Labute approximate surface area is 127 Å². The molecule has 3 rings (SSSR count). The number of anilines is 1. The van der Waals surface area contributed by atoms with Crippen molar-refractivity contribution in [2.45, 2.75) is 71.1 Å². The summed E-state index contributed by atoms with van der Waals surface area (Å²) in [6.45, 7) is 11.6. The highest BCUT2D eigenvalue weighted by Crippen LogP contribution is 2.37. The molecule has 116 valence electrons. The molecule has 1 aromatic rings. The Balaban J connectivity index is 1.77. The van der Waals surface area contributed by atoms with Crippen molar-refractivity contribution in [2.75, 3.05) is 11.4 Å². The summed E-state index contributed by atoms with van der Waals surface area (Å²) in [6.07, 6.45) is 5.65. The van der Waals surface area contributed by atoms with Crippen molar-refractivity contribution >= 4 is 18.5 Å². The Morgan fingerprint density at radius 3 is 2.43 bits per heavy atom. The lowest BCUT2D eigenvalue weighted by Crippen LogP contribution is -2.41. The first-order valence-electron chi connectivity index (χ1n) is 8.01. The molecule has 2 aliphatic heterocycles. The van der Waals surface area contributed by atoms with Crippen LogP contribution in [0, 0.1) is 0 Å². The van der Waals surface area contributed by atoms with Gasteiger partial charge in [-0.1, -0.05) is 0 Å². The van der Waals surface area contributed by atoms with Gasteiger partial charge in [-0.05, 0) is 59.9 Å². The molecule has 0 aromatic carbocycles. The molecule has 0 N–H and O–H groups in total. The highest BCUT2D eigenvalue weighted by Gasteiger charge is 2.53. The van der Waals surface area contributed by atoms with Gasteiger partial charge in [0.2, 0.25) is 0 Å². The van der Waals surface area contributed by atoms with Gasteiger partial charge < -0.3 is 18.6 Å². The van der Waals surface area contributed by atoms with Gasteiger partial charge in [0.05, 0.1) is 16.9 Å². The van der Waals surface area contributed by atoms with E-state index in [0.29, 0.717) is 6.04 Å². The number of hydrogen-bond donors (Lipinski definition) is 0. The quantitative estimate of drug-likeness (QED) is 0.785. The lowest BCUT2D eigenvalue weighted by molar-refractivity contribution is 0.00578. The number of rotatable bonds is 2. The van der Waals surface area contributed by atoms with Crippen molar-refractivity contribution in [3.63, 3.8) is 0 Å². The Kier molecular flexibility index (Phi) is 3.61. The first kappa shape index (κ1) is 15.0. The van der Waals surface area contributed by atoms with Gasteiger partial charge in [-0.3, -0.25) is 0 Å². The summed E-state index contributed by atoms with van der Waals surface area (Å²) in [7, 11) is -0.413. The van der Waals surface area contributed by atoms with Crippen LogP contribution in [0.1, 0.15) is 53.9 Å². The van der Waals surface area contributed by atoms with E-state index in [-0.39, 0.29) is 11.2 Å². The standard InChI is InChI=1S/C16H26BNO3/c1-12-8-6-7-9-18(12)13-10-14(19-11-13)17-20-15(2,3)16(4,5)21-17/h10-12H,6-9H2,1-5H3. The molecule has 0 bridgehead atoms. The Morgan fingerprint density at radius 2 is 1.81 bits per heavy atom. The molecule has 2 saturated heterocycles. The summed E-state index contributed by atoms with van der Waals surface area (Å²) in [5.41, 5.74) is 1.25. The molecular formula is C16H26BNO3. The highest BCUT2D eigenvalue weighted by molar-refractivity contribution is 6.60. The van der Waals surface area contributed by atoms with E-state index in [1.54, 1.807) is 0 Å². The van der Waals surface area contributed by atoms with E-state index in [1.165, 1.54) is 19.3 Å². The third-order valence-electron chi connectivity index (χ3n) is 5.23. The summed E-state index contributed by atoms with van der Waals surface area (Å²) >= 11 is 0. The van der Waals surface area contributed by atoms with Crippen molar-refractivity contribution in [1.82, 2.24) is 0 Å². The second-order valence-electron chi connectivity index (χ2n) is 7.33. The highest BCUT2D eigenvalue weighted by atomic mass is 16.7. The smallest absolute Gasteiger partial charge is 0.471 e. The van der Waals surface area contributed by atoms with E-state index in [1.807, 2.05) is 6.26 Å². The van der Waals surface area contributed by atoms with Crippen molar-refractivity contribution < 1.29 is 13.7 Å². The molecule has 3 heterocycles. The molecule has 21 heavy (non-hydrogen) atoms. The normalized spacial score (nSPS) is 28.1. The number of piperidine rings is 1. The van der Waals surface area contributed by atoms with Gasteiger partial charge in [0.1, 0.15) is 11.9 Å². The maximum absolute atomic E-state index is 6.04. The number of hydrogen-bond acceptors (Lipinski definition) is 4. The fraction of sp³-hybridized carbons (Fsp3) is 0.750. The van der Waals surface area contributed by atoms with Gasteiger partial charge in [0, 0.05) is 12.6 Å². The molecule has 1 unspecified atom stereocenters. The Hall–Kier alpha value is -0.935. The average molecular weight is 291 g/mol. The molecule has 0 amide bonds. The lowest BCUT2D eigenvalue weighted by Gasteiger charge is -2.34. The van der Waals surface area contributed by atoms with Crippen LogP contribution >= 0.6 is 0 Å². The average Bonchev–Trinajstić information content (AvgIpc) is 2.94. The van der Waals surface area contributed by atoms with E-state index >= 15 is 0 Å². The van der Waals surface area contributed by atoms with Crippen molar-refractivity contribution in [2.24, 2.45) is 0 Å². The molecule has 0 radical (unpaired) electrons. The number of furan rings is 1. The molecule has 0 saturated carbocycles. The SMILES string of the molecule is CC1CCCCN1c1coc(B2OC(C)(C)C(C)(C)O2)c1. The van der Waals surface area contributed by atoms with Gasteiger partial charge in [-0.25, -0.2) is 0 Å². The van der Waals surface area contributed by atoms with Crippen LogP contribution in [0.25, 0.3) is 0 Å². The number of nitrogens with zero attached hydrogens (tertiary/aromatic N) is 1. The van der Waals surface area contributed by atoms with Crippen LogP contribution in [0.3, 0.4) is 0 Å². The van der Waals surface area contributed by atoms with Crippen LogP contribution in [0.15, 0.2) is 16.7 Å². The molecule has 5 heteroatoms. The first-order valence-corrected chi connectivity index (χ1v) is 8.01. The second kappa shape index (κ2) is 5.06. The maximum atomic E-state index is 6.04. The van der Waals surface area contributed by atoms with Crippen molar-refractivity contribution in [3.8, 4) is 0 Å². The summed E-state index contributed by atoms with van der Waals surface area (Å²) in [6, 6.07) is 2.65. The summed E-state index contributed by atoms with van der Waals surface area (Å²) < 4.78 is 17.8. The monoisotopic (exact) mass is 291 g/mol. The van der Waals surface area contributed by atoms with Crippen LogP contribution in [0.2, 0.25) is 0 Å². The van der Waals surface area contributed by atoms with Crippen LogP contribution in [0.4, 0.5) is 5.69 Å². The van der Waals surface area contributed by atoms with Crippen LogP contribution in [0.5, 0.6) is 0 Å². The molecule has 4 nitrogen and oxygen atoms in total. The van der Waals surface area contributed by atoms with Gasteiger partial charge in [0.25, 0.3) is 0 Å². The minimum atomic E-state index is -0.413. The zero-order valence-electron chi connectivity index (χ0n) is 13.8. The van der Waals surface area contributed by atoms with E-state index in [0.717, 1.165) is 17.9 Å². The van der Waals surface area contributed by atoms with Gasteiger partial charge in [-0.15, -0.1) is 0 Å². The van der Waals surface area contributed by atoms with E-state index in [9.17, 15) is 0 Å². The van der Waals surface area contributed by atoms with Crippen LogP contribution in [-0.4, -0.2) is 30.9 Å². The Morgan fingerprint density at radius 1 is 1.14 bits per heavy atom. The summed E-state index contributed by atoms with van der Waals surface area (Å²) in [5.74, 6) is 0. The fourth-order valence-electron chi connectivity index (χ4n) is 3.06. The first-order chi connectivity index (χ1) is 9.80. The predicted octanol–water partition coefficient (Wildman–Crippen LogP) is 2.96. The molecule has 0 aliphatic carbocycles. The summed E-state index contributed by atoms with van der Waals surface area (Å²) in [5, 5.41) is 0. The predicted molar refractivity (Wildman–Crippen MR) is 85.1 cm³/mol. The topological polar surface area (TPSA) is 34.8 Å². The van der Waals surface area contributed by atoms with E-state index in [4.69, 9.17) is 13.7 Å². The molecule has 2 fully saturated rings. The molecular weight excluding hydrogens is 265 g/mol. The molecule has 1 aromatic heterocycles. The van der Waals surface area contributed by atoms with Gasteiger partial charge in [0.15, 0.2) is 0 Å². The van der Waals surface area contributed by atoms with E-state index in [2.05, 4.69) is 45.6 Å². The van der Waals surface area contributed by atoms with Crippen LogP contribution < -0.4 is 10.6 Å². The van der Waals surface area contributed by atoms with Crippen molar-refractivity contribution in [3.05, 3.63) is 12.3 Å². The largest absolute Gasteiger partial charge is 0.532 e. The van der Waals surface area contributed by atoms with E-state index < -0.39 is 7.12 Å². The third-order valence-corrected chi connectivity index (χ3v) is 5.23. The second-order valence-corrected chi connectivity index (χ2v) is 7.33. The lowest BCUT2D eigenvalue weighted by atomic mass is 9.86. The molecule has 2 aliphatic rings. The molecule has 1 atom stereocenters. The zero-order valence-corrected chi connectivity index (χ0v) is 13.8. The minimum absolute atomic E-state index is 0.330. The third kappa shape index (κ3) is 2.62. The fourth-order valence-corrected chi connectivity index (χ4v) is 3.06. The van der Waals surface area contributed by atoms with Gasteiger partial charge >= 0.3 is 7.12 Å². The van der Waals surface area contributed by atoms with Crippen molar-refractivity contribution in [1.29, 1.82) is 0 Å². The maximum Gasteiger partial charge on any atom is 0.532 e. The van der Waals surface area contributed by atoms with Crippen LogP contribution in [-0.2, 0) is 9.31 Å². The minimum Gasteiger partial charge on any atom is -0.471 e. The molecule has 0 spiro atoms. The zero-order chi connectivity index (χ0) is 15.3. The summed E-state index contributed by atoms with van der Waals surface area (Å²) in [4.78, 5) is 2.42.